The van der Waals surface area contributed by atoms with Gasteiger partial charge in [0.2, 0.25) is 11.8 Å². The highest BCUT2D eigenvalue weighted by molar-refractivity contribution is 5.95. The summed E-state index contributed by atoms with van der Waals surface area (Å²) in [5.74, 6) is 0.403. The third-order valence-corrected chi connectivity index (χ3v) is 5.48. The molecule has 0 bridgehead atoms. The molecule has 0 aliphatic carbocycles. The number of piperidine rings is 1. The predicted octanol–water partition coefficient (Wildman–Crippen LogP) is 4.16. The lowest BCUT2D eigenvalue weighted by molar-refractivity contribution is -0.134. The van der Waals surface area contributed by atoms with Gasteiger partial charge >= 0.3 is 6.03 Å². The number of carbonyl (C=O) groups is 3. The predicted molar refractivity (Wildman–Crippen MR) is 122 cm³/mol. The van der Waals surface area contributed by atoms with Crippen molar-refractivity contribution in [1.29, 1.82) is 0 Å². The maximum Gasteiger partial charge on any atom is 0.320 e. The zero-order chi connectivity index (χ0) is 22.2. The molecular formula is C24H30N4O3. The molecule has 1 heterocycles. The van der Waals surface area contributed by atoms with Crippen LogP contribution in [0.1, 0.15) is 44.7 Å². The van der Waals surface area contributed by atoms with Crippen LogP contribution in [0.3, 0.4) is 0 Å². The molecule has 1 saturated heterocycles. The lowest BCUT2D eigenvalue weighted by atomic mass is 9.97. The summed E-state index contributed by atoms with van der Waals surface area (Å²) >= 11 is 0. The number of hydrogen-bond acceptors (Lipinski definition) is 3. The third-order valence-electron chi connectivity index (χ3n) is 5.48. The average Bonchev–Trinajstić information content (AvgIpc) is 2.78. The molecule has 0 unspecified atom stereocenters. The molecule has 1 aliphatic heterocycles. The van der Waals surface area contributed by atoms with Crippen molar-refractivity contribution >= 4 is 29.2 Å². The Morgan fingerprint density at radius 3 is 2.26 bits per heavy atom. The first-order valence-corrected chi connectivity index (χ1v) is 10.8. The van der Waals surface area contributed by atoms with Gasteiger partial charge in [0.05, 0.1) is 0 Å². The summed E-state index contributed by atoms with van der Waals surface area (Å²) in [6.45, 7) is 5.37. The van der Waals surface area contributed by atoms with E-state index in [9.17, 15) is 14.4 Å². The first-order valence-electron chi connectivity index (χ1n) is 10.8. The topological polar surface area (TPSA) is 90.5 Å². The van der Waals surface area contributed by atoms with E-state index in [1.54, 1.807) is 31.2 Å². The first-order chi connectivity index (χ1) is 15.0. The number of hydrogen-bond donors (Lipinski definition) is 3. The lowest BCUT2D eigenvalue weighted by Crippen LogP contribution is -2.46. The van der Waals surface area contributed by atoms with Gasteiger partial charge in [-0.25, -0.2) is 4.79 Å². The number of amides is 4. The summed E-state index contributed by atoms with van der Waals surface area (Å²) < 4.78 is 0. The van der Waals surface area contributed by atoms with Crippen LogP contribution in [-0.2, 0) is 9.59 Å². The van der Waals surface area contributed by atoms with Gasteiger partial charge in [-0.05, 0) is 42.5 Å². The van der Waals surface area contributed by atoms with Crippen LogP contribution in [-0.4, -0.2) is 35.8 Å². The minimum atomic E-state index is -0.766. The second-order valence-corrected chi connectivity index (χ2v) is 7.93. The van der Waals surface area contributed by atoms with Crippen LogP contribution in [0.4, 0.5) is 16.2 Å². The van der Waals surface area contributed by atoms with Crippen LogP contribution >= 0.6 is 0 Å². The Kier molecular flexibility index (Phi) is 7.65. The number of anilines is 2. The van der Waals surface area contributed by atoms with Gasteiger partial charge in [-0.2, -0.15) is 0 Å². The van der Waals surface area contributed by atoms with Gasteiger partial charge in [-0.1, -0.05) is 50.2 Å². The largest absolute Gasteiger partial charge is 0.341 e. The summed E-state index contributed by atoms with van der Waals surface area (Å²) in [5, 5.41) is 8.36. The maximum absolute atomic E-state index is 13.2. The molecule has 0 saturated carbocycles. The highest BCUT2D eigenvalue weighted by Gasteiger charge is 2.29. The fourth-order valence-electron chi connectivity index (χ4n) is 3.57. The van der Waals surface area contributed by atoms with E-state index in [4.69, 9.17) is 0 Å². The number of carbonyl (C=O) groups excluding carboxylic acids is 3. The fourth-order valence-corrected chi connectivity index (χ4v) is 3.57. The minimum Gasteiger partial charge on any atom is -0.341 e. The van der Waals surface area contributed by atoms with Crippen molar-refractivity contribution in [2.75, 3.05) is 23.7 Å². The van der Waals surface area contributed by atoms with E-state index in [2.05, 4.69) is 22.9 Å². The Labute approximate surface area is 183 Å². The first kappa shape index (κ1) is 22.3. The van der Waals surface area contributed by atoms with Crippen LogP contribution < -0.4 is 16.0 Å². The molecule has 4 amide bonds. The highest BCUT2D eigenvalue weighted by Crippen LogP contribution is 2.22. The Balaban J connectivity index is 1.71. The summed E-state index contributed by atoms with van der Waals surface area (Å²) in [5.41, 5.74) is 1.87. The van der Waals surface area contributed by atoms with E-state index in [-0.39, 0.29) is 11.8 Å². The number of likely N-dealkylation sites (tertiary alicyclic amines) is 1. The molecule has 1 aliphatic rings. The van der Waals surface area contributed by atoms with Gasteiger partial charge in [-0.15, -0.1) is 0 Å². The van der Waals surface area contributed by atoms with E-state index in [1.807, 2.05) is 35.2 Å². The van der Waals surface area contributed by atoms with Crippen LogP contribution in [0.2, 0.25) is 0 Å². The molecule has 0 spiro atoms. The lowest BCUT2D eigenvalue weighted by Gasteiger charge is -2.33. The molecule has 3 N–H and O–H groups in total. The molecule has 7 heteroatoms. The number of benzene rings is 2. The number of nitrogens with one attached hydrogen (secondary N) is 3. The minimum absolute atomic E-state index is 0.0998. The van der Waals surface area contributed by atoms with Gasteiger partial charge in [0.1, 0.15) is 6.04 Å². The second kappa shape index (κ2) is 10.6. The molecule has 164 valence electrons. The van der Waals surface area contributed by atoms with Gasteiger partial charge in [-0.3, -0.25) is 9.59 Å². The molecule has 2 aromatic rings. The molecule has 1 atom stereocenters. The van der Waals surface area contributed by atoms with Gasteiger partial charge in [0.15, 0.2) is 0 Å². The summed E-state index contributed by atoms with van der Waals surface area (Å²) in [6, 6.07) is 14.9. The van der Waals surface area contributed by atoms with Crippen molar-refractivity contribution in [1.82, 2.24) is 10.2 Å². The molecular weight excluding hydrogens is 392 g/mol. The SMILES string of the molecule is CCC(=O)Nc1cccc(NC(=O)N[C@@H](C(=O)N2CCC(C)CC2)c2ccccc2)c1. The van der Waals surface area contributed by atoms with E-state index < -0.39 is 12.1 Å². The smallest absolute Gasteiger partial charge is 0.320 e. The van der Waals surface area contributed by atoms with E-state index >= 15 is 0 Å². The van der Waals surface area contributed by atoms with Crippen LogP contribution in [0.15, 0.2) is 54.6 Å². The van der Waals surface area contributed by atoms with Crippen LogP contribution in [0.5, 0.6) is 0 Å². The normalized spacial score (nSPS) is 15.1. The molecule has 2 aromatic carbocycles. The Morgan fingerprint density at radius 1 is 0.968 bits per heavy atom. The van der Waals surface area contributed by atoms with Crippen LogP contribution in [0.25, 0.3) is 0 Å². The summed E-state index contributed by atoms with van der Waals surface area (Å²) in [6.07, 6.45) is 2.31. The number of nitrogens with zero attached hydrogens (tertiary/aromatic N) is 1. The molecule has 31 heavy (non-hydrogen) atoms. The highest BCUT2D eigenvalue weighted by atomic mass is 16.2. The van der Waals surface area contributed by atoms with E-state index in [0.717, 1.165) is 18.4 Å². The van der Waals surface area contributed by atoms with Crippen LogP contribution in [0, 0.1) is 5.92 Å². The molecule has 7 nitrogen and oxygen atoms in total. The van der Waals surface area contributed by atoms with Crippen molar-refractivity contribution in [3.8, 4) is 0 Å². The van der Waals surface area contributed by atoms with E-state index in [0.29, 0.717) is 36.8 Å². The third kappa shape index (κ3) is 6.31. The number of rotatable bonds is 6. The molecule has 1 fully saturated rings. The molecule has 0 aromatic heterocycles. The Morgan fingerprint density at radius 2 is 1.61 bits per heavy atom. The van der Waals surface area contributed by atoms with Crippen molar-refractivity contribution in [3.63, 3.8) is 0 Å². The zero-order valence-electron chi connectivity index (χ0n) is 18.1. The molecule has 0 radical (unpaired) electrons. The second-order valence-electron chi connectivity index (χ2n) is 7.93. The fraction of sp³-hybridized carbons (Fsp3) is 0.375. The molecule has 3 rings (SSSR count). The monoisotopic (exact) mass is 422 g/mol. The van der Waals surface area contributed by atoms with Crippen molar-refractivity contribution in [2.24, 2.45) is 5.92 Å². The van der Waals surface area contributed by atoms with Gasteiger partial charge in [0, 0.05) is 30.9 Å². The summed E-state index contributed by atoms with van der Waals surface area (Å²) in [4.78, 5) is 39.4. The zero-order valence-corrected chi connectivity index (χ0v) is 18.1. The van der Waals surface area contributed by atoms with Crippen molar-refractivity contribution in [2.45, 2.75) is 39.2 Å². The standard InChI is InChI=1S/C24H30N4O3/c1-3-21(29)25-19-10-7-11-20(16-19)26-24(31)27-22(18-8-5-4-6-9-18)23(30)28-14-12-17(2)13-15-28/h4-11,16-17,22H,3,12-15H2,1-2H3,(H,25,29)(H2,26,27,31)/t22-/m1/s1. The van der Waals surface area contributed by atoms with E-state index in [1.165, 1.54) is 0 Å². The number of urea groups is 1. The Bertz CT molecular complexity index is 908. The average molecular weight is 423 g/mol. The van der Waals surface area contributed by atoms with Crippen molar-refractivity contribution in [3.05, 3.63) is 60.2 Å². The van der Waals surface area contributed by atoms with Crippen molar-refractivity contribution < 1.29 is 14.4 Å². The summed E-state index contributed by atoms with van der Waals surface area (Å²) in [7, 11) is 0. The van der Waals surface area contributed by atoms with Gasteiger partial charge in [0.25, 0.3) is 0 Å². The Hall–Kier alpha value is -3.35. The maximum atomic E-state index is 13.2. The quantitative estimate of drug-likeness (QED) is 0.653. The van der Waals surface area contributed by atoms with Gasteiger partial charge < -0.3 is 20.9 Å².